The first-order valence-electron chi connectivity index (χ1n) is 12.9. The molecule has 4 fully saturated rings. The first kappa shape index (κ1) is 27.4. The molecular weight excluding hydrogens is 528 g/mol. The molecule has 0 spiro atoms. The standard InChI is InChI=1S/C28H34O8S2/c1-25(2)21-9-11-27(25,15-37(31,32)33)23(29)19(21)13-17-5-7-18(8-6-17)14-20-22-10-12-28(24(20)30,26(22,3)4)16-38(34,35)36/h5-8,13-14,21-22H,9-12,15-16H2,1-4H3,(H,31,32,33)(H,34,35,36)/t21?,22?,27-,28-/m1/s1. The van der Waals surface area contributed by atoms with Crippen molar-refractivity contribution in [2.75, 3.05) is 11.5 Å². The molecule has 2 unspecified atom stereocenters. The molecule has 8 nitrogen and oxygen atoms in total. The number of hydrogen-bond donors (Lipinski definition) is 2. The number of fused-ring (bicyclic) bond motifs is 4. The summed E-state index contributed by atoms with van der Waals surface area (Å²) in [5.74, 6) is -1.80. The molecule has 0 aliphatic heterocycles. The number of carbonyl (C=O) groups is 2. The maximum Gasteiger partial charge on any atom is 0.265 e. The van der Waals surface area contributed by atoms with E-state index < -0.39 is 53.4 Å². The normalized spacial score (nSPS) is 35.6. The van der Waals surface area contributed by atoms with E-state index in [1.807, 2.05) is 52.0 Å². The Labute approximate surface area is 224 Å². The number of carbonyl (C=O) groups excluding carboxylic acids is 2. The lowest BCUT2D eigenvalue weighted by Gasteiger charge is -2.34. The van der Waals surface area contributed by atoms with Gasteiger partial charge in [-0.25, -0.2) is 0 Å². The fourth-order valence-electron chi connectivity index (χ4n) is 8.23. The second-order valence-electron chi connectivity index (χ2n) is 12.8. The highest BCUT2D eigenvalue weighted by atomic mass is 32.2. The molecule has 4 atom stereocenters. The van der Waals surface area contributed by atoms with E-state index >= 15 is 0 Å². The predicted octanol–water partition coefficient (Wildman–Crippen LogP) is 4.24. The molecule has 4 saturated carbocycles. The van der Waals surface area contributed by atoms with E-state index in [-0.39, 0.29) is 23.4 Å². The van der Waals surface area contributed by atoms with Crippen LogP contribution in [0.15, 0.2) is 35.4 Å². The summed E-state index contributed by atoms with van der Waals surface area (Å²) in [6, 6.07) is 7.33. The lowest BCUT2D eigenvalue weighted by atomic mass is 9.70. The average molecular weight is 563 g/mol. The van der Waals surface area contributed by atoms with Gasteiger partial charge in [-0.05, 0) is 71.6 Å². The van der Waals surface area contributed by atoms with Crippen LogP contribution in [0.3, 0.4) is 0 Å². The summed E-state index contributed by atoms with van der Waals surface area (Å²) in [7, 11) is -8.66. The molecule has 5 rings (SSSR count). The van der Waals surface area contributed by atoms with Crippen molar-refractivity contribution in [3.8, 4) is 0 Å². The van der Waals surface area contributed by atoms with Crippen LogP contribution in [0.1, 0.15) is 64.5 Å². The van der Waals surface area contributed by atoms with Gasteiger partial charge in [0.05, 0.1) is 22.3 Å². The molecule has 1 aromatic carbocycles. The maximum atomic E-state index is 13.4. The van der Waals surface area contributed by atoms with Crippen LogP contribution < -0.4 is 0 Å². The van der Waals surface area contributed by atoms with Crippen LogP contribution >= 0.6 is 0 Å². The Balaban J connectivity index is 1.44. The highest BCUT2D eigenvalue weighted by molar-refractivity contribution is 7.86. The van der Waals surface area contributed by atoms with E-state index in [0.29, 0.717) is 36.8 Å². The first-order chi connectivity index (χ1) is 17.3. The summed E-state index contributed by atoms with van der Waals surface area (Å²) in [6.45, 7) is 7.58. The van der Waals surface area contributed by atoms with E-state index in [9.17, 15) is 35.5 Å². The van der Waals surface area contributed by atoms with E-state index in [2.05, 4.69) is 0 Å². The summed E-state index contributed by atoms with van der Waals surface area (Å²) in [5.41, 5.74) is -0.762. The topological polar surface area (TPSA) is 143 Å². The number of allylic oxidation sites excluding steroid dienone is 2. The van der Waals surface area contributed by atoms with Gasteiger partial charge < -0.3 is 0 Å². The van der Waals surface area contributed by atoms with Crippen LogP contribution in [0, 0.1) is 33.5 Å². The predicted molar refractivity (Wildman–Crippen MR) is 143 cm³/mol. The van der Waals surface area contributed by atoms with Crippen LogP contribution in [0.25, 0.3) is 12.2 Å². The molecule has 10 heteroatoms. The van der Waals surface area contributed by atoms with Crippen molar-refractivity contribution < 1.29 is 35.5 Å². The Morgan fingerprint density at radius 3 is 1.32 bits per heavy atom. The molecule has 38 heavy (non-hydrogen) atoms. The van der Waals surface area contributed by atoms with E-state index in [4.69, 9.17) is 0 Å². The highest BCUT2D eigenvalue weighted by Gasteiger charge is 2.68. The Hall–Kier alpha value is -2.14. The molecule has 4 aliphatic rings. The number of benzene rings is 1. The fraction of sp³-hybridized carbons (Fsp3) is 0.571. The first-order valence-corrected chi connectivity index (χ1v) is 16.1. The highest BCUT2D eigenvalue weighted by Crippen LogP contribution is 2.67. The molecule has 4 aliphatic carbocycles. The van der Waals surface area contributed by atoms with E-state index in [1.165, 1.54) is 0 Å². The van der Waals surface area contributed by atoms with Gasteiger partial charge in [0.25, 0.3) is 20.2 Å². The zero-order chi connectivity index (χ0) is 28.1. The zero-order valence-electron chi connectivity index (χ0n) is 22.0. The molecule has 0 amide bonds. The van der Waals surface area contributed by atoms with Crippen molar-refractivity contribution in [2.45, 2.75) is 53.4 Å². The lowest BCUT2D eigenvalue weighted by molar-refractivity contribution is -0.125. The Morgan fingerprint density at radius 2 is 1.03 bits per heavy atom. The van der Waals surface area contributed by atoms with Crippen LogP contribution in [0.5, 0.6) is 0 Å². The number of Topliss-reactive ketones (excluding diaryl/α,β-unsaturated/α-hetero) is 2. The molecule has 1 aromatic rings. The van der Waals surface area contributed by atoms with Gasteiger partial charge in [0.1, 0.15) is 0 Å². The minimum atomic E-state index is -4.33. The molecule has 0 saturated heterocycles. The van der Waals surface area contributed by atoms with Crippen LogP contribution in [0.4, 0.5) is 0 Å². The van der Waals surface area contributed by atoms with Crippen molar-refractivity contribution in [3.63, 3.8) is 0 Å². The smallest absolute Gasteiger partial charge is 0.265 e. The van der Waals surface area contributed by atoms with Gasteiger partial charge in [0.15, 0.2) is 11.6 Å². The average Bonchev–Trinajstić information content (AvgIpc) is 3.27. The third-order valence-corrected chi connectivity index (χ3v) is 12.2. The monoisotopic (exact) mass is 562 g/mol. The van der Waals surface area contributed by atoms with Gasteiger partial charge in [-0.3, -0.25) is 18.7 Å². The summed E-state index contributed by atoms with van der Waals surface area (Å²) in [6.07, 6.45) is 5.80. The molecule has 0 radical (unpaired) electrons. The minimum absolute atomic E-state index is 0.105. The summed E-state index contributed by atoms with van der Waals surface area (Å²) < 4.78 is 66.1. The maximum absolute atomic E-state index is 13.4. The minimum Gasteiger partial charge on any atom is -0.294 e. The molecule has 0 aromatic heterocycles. The Morgan fingerprint density at radius 1 is 0.711 bits per heavy atom. The Kier molecular flexibility index (Phi) is 5.91. The number of rotatable bonds is 6. The third-order valence-electron chi connectivity index (χ3n) is 10.5. The third kappa shape index (κ3) is 3.82. The summed E-state index contributed by atoms with van der Waals surface area (Å²) in [5, 5.41) is 0. The molecule has 206 valence electrons. The summed E-state index contributed by atoms with van der Waals surface area (Å²) in [4.78, 5) is 26.9. The van der Waals surface area contributed by atoms with Gasteiger partial charge in [-0.1, -0.05) is 52.0 Å². The summed E-state index contributed by atoms with van der Waals surface area (Å²) >= 11 is 0. The van der Waals surface area contributed by atoms with E-state index in [1.54, 1.807) is 12.2 Å². The fourth-order valence-corrected chi connectivity index (χ4v) is 10.8. The van der Waals surface area contributed by atoms with Gasteiger partial charge >= 0.3 is 0 Å². The molecule has 0 heterocycles. The van der Waals surface area contributed by atoms with Crippen molar-refractivity contribution in [1.29, 1.82) is 0 Å². The Bertz CT molecular complexity index is 1400. The van der Waals surface area contributed by atoms with Crippen LogP contribution in [-0.2, 0) is 29.8 Å². The second kappa shape index (κ2) is 8.19. The SMILES string of the molecule is CC1(C)C2CC[C@@]1(CS(=O)(=O)O)C(=O)C2=Cc1ccc(C=C2C(=O)[C@]3(CS(=O)(=O)O)CCC2C3(C)C)cc1. The van der Waals surface area contributed by atoms with Crippen molar-refractivity contribution >= 4 is 44.0 Å². The largest absolute Gasteiger partial charge is 0.294 e. The van der Waals surface area contributed by atoms with Crippen LogP contribution in [0.2, 0.25) is 0 Å². The second-order valence-corrected chi connectivity index (χ2v) is 15.7. The lowest BCUT2D eigenvalue weighted by Crippen LogP contribution is -2.42. The van der Waals surface area contributed by atoms with Crippen molar-refractivity contribution in [1.82, 2.24) is 0 Å². The van der Waals surface area contributed by atoms with Crippen molar-refractivity contribution in [2.24, 2.45) is 33.5 Å². The molecule has 4 bridgehead atoms. The quantitative estimate of drug-likeness (QED) is 0.387. The number of ketones is 2. The van der Waals surface area contributed by atoms with Crippen molar-refractivity contribution in [3.05, 3.63) is 46.5 Å². The van der Waals surface area contributed by atoms with E-state index in [0.717, 1.165) is 11.1 Å². The molecule has 2 N–H and O–H groups in total. The molecular formula is C28H34O8S2. The van der Waals surface area contributed by atoms with Gasteiger partial charge in [-0.15, -0.1) is 0 Å². The van der Waals surface area contributed by atoms with Gasteiger partial charge in [-0.2, -0.15) is 16.8 Å². The van der Waals surface area contributed by atoms with Crippen LogP contribution in [-0.4, -0.2) is 49.0 Å². The van der Waals surface area contributed by atoms with Gasteiger partial charge in [0.2, 0.25) is 0 Å². The zero-order valence-corrected chi connectivity index (χ0v) is 23.7. The van der Waals surface area contributed by atoms with Gasteiger partial charge in [0, 0.05) is 11.1 Å². The number of hydrogen-bond acceptors (Lipinski definition) is 6.